The molecule has 0 saturated heterocycles. The molecule has 27 heavy (non-hydrogen) atoms. The van der Waals surface area contributed by atoms with Gasteiger partial charge in [0.1, 0.15) is 11.5 Å². The highest BCUT2D eigenvalue weighted by molar-refractivity contribution is 9.10. The molecule has 2 aromatic carbocycles. The van der Waals surface area contributed by atoms with Crippen LogP contribution in [0.5, 0.6) is 11.5 Å². The van der Waals surface area contributed by atoms with Crippen molar-refractivity contribution in [3.05, 3.63) is 57.9 Å². The van der Waals surface area contributed by atoms with Crippen LogP contribution in [0.2, 0.25) is 0 Å². The molecule has 0 unspecified atom stereocenters. The van der Waals surface area contributed by atoms with Crippen LogP contribution in [0.1, 0.15) is 19.4 Å². The fourth-order valence-electron chi connectivity index (χ4n) is 2.33. The fourth-order valence-corrected chi connectivity index (χ4v) is 3.49. The monoisotopic (exact) mass is 445 g/mol. The van der Waals surface area contributed by atoms with Crippen LogP contribution in [-0.2, 0) is 0 Å². The summed E-state index contributed by atoms with van der Waals surface area (Å²) >= 11 is 5.03. The lowest BCUT2D eigenvalue weighted by Crippen LogP contribution is -2.06. The predicted molar refractivity (Wildman–Crippen MR) is 115 cm³/mol. The number of benzene rings is 2. The Morgan fingerprint density at radius 1 is 1.19 bits per heavy atom. The van der Waals surface area contributed by atoms with Crippen LogP contribution in [-0.4, -0.2) is 24.4 Å². The maximum atomic E-state index is 5.71. The Morgan fingerprint density at radius 2 is 1.96 bits per heavy atom. The smallest absolute Gasteiger partial charge is 0.203 e. The molecule has 0 saturated carbocycles. The molecule has 140 valence electrons. The zero-order chi connectivity index (χ0) is 19.2. The Hall–Kier alpha value is -2.38. The van der Waals surface area contributed by atoms with Gasteiger partial charge in [-0.05, 0) is 77.8 Å². The first-order chi connectivity index (χ1) is 13.0. The summed E-state index contributed by atoms with van der Waals surface area (Å²) in [5.41, 5.74) is 5.87. The molecular formula is C20H20BrN3O2S. The second-order valence-electron chi connectivity index (χ2n) is 5.99. The van der Waals surface area contributed by atoms with Gasteiger partial charge in [-0.1, -0.05) is 0 Å². The summed E-state index contributed by atoms with van der Waals surface area (Å²) in [5, 5.41) is 7.00. The number of nitrogens with zero attached hydrogens (tertiary/aromatic N) is 2. The van der Waals surface area contributed by atoms with E-state index in [0.29, 0.717) is 0 Å². The van der Waals surface area contributed by atoms with E-state index in [2.05, 4.69) is 31.4 Å². The summed E-state index contributed by atoms with van der Waals surface area (Å²) in [6.07, 6.45) is 1.88. The number of nitrogens with one attached hydrogen (secondary N) is 1. The van der Waals surface area contributed by atoms with Crippen molar-refractivity contribution in [2.45, 2.75) is 20.0 Å². The average molecular weight is 446 g/mol. The van der Waals surface area contributed by atoms with Crippen molar-refractivity contribution in [3.63, 3.8) is 0 Å². The van der Waals surface area contributed by atoms with Gasteiger partial charge in [0, 0.05) is 10.9 Å². The summed E-state index contributed by atoms with van der Waals surface area (Å²) in [7, 11) is 1.65. The van der Waals surface area contributed by atoms with Gasteiger partial charge in [-0.2, -0.15) is 5.10 Å². The van der Waals surface area contributed by atoms with E-state index in [1.165, 1.54) is 11.3 Å². The molecule has 1 aromatic heterocycles. The standard InChI is InChI=1S/C20H20BrN3O2S/c1-13(2)26-19-9-4-14(10-17(19)21)11-22-24-20-23-18(12-27-20)15-5-7-16(25-3)8-6-15/h4-13H,1-3H3,(H,23,24)/b22-11-. The predicted octanol–water partition coefficient (Wildman–Crippen LogP) is 5.81. The average Bonchev–Trinajstić information content (AvgIpc) is 3.12. The molecule has 0 aliphatic rings. The molecule has 3 aromatic rings. The van der Waals surface area contributed by atoms with Crippen molar-refractivity contribution in [1.29, 1.82) is 0 Å². The van der Waals surface area contributed by atoms with E-state index in [-0.39, 0.29) is 6.10 Å². The molecule has 5 nitrogen and oxygen atoms in total. The number of hydrogen-bond acceptors (Lipinski definition) is 6. The molecule has 0 radical (unpaired) electrons. The Balaban J connectivity index is 1.63. The molecular weight excluding hydrogens is 426 g/mol. The van der Waals surface area contributed by atoms with E-state index < -0.39 is 0 Å². The third kappa shape index (κ3) is 5.30. The first-order valence-electron chi connectivity index (χ1n) is 8.40. The molecule has 0 atom stereocenters. The molecule has 1 heterocycles. The fraction of sp³-hybridized carbons (Fsp3) is 0.200. The lowest BCUT2D eigenvalue weighted by atomic mass is 10.2. The number of hydrogen-bond donors (Lipinski definition) is 1. The number of rotatable bonds is 7. The zero-order valence-electron chi connectivity index (χ0n) is 15.3. The van der Waals surface area contributed by atoms with Gasteiger partial charge in [-0.3, -0.25) is 5.43 Å². The lowest BCUT2D eigenvalue weighted by Gasteiger charge is -2.11. The van der Waals surface area contributed by atoms with Gasteiger partial charge in [0.25, 0.3) is 0 Å². The summed E-state index contributed by atoms with van der Waals surface area (Å²) in [6.45, 7) is 4.00. The molecule has 0 aliphatic heterocycles. The number of methoxy groups -OCH3 is 1. The number of hydrazone groups is 1. The third-order valence-corrected chi connectivity index (χ3v) is 4.95. The second-order valence-corrected chi connectivity index (χ2v) is 7.71. The third-order valence-electron chi connectivity index (χ3n) is 3.58. The topological polar surface area (TPSA) is 55.7 Å². The quantitative estimate of drug-likeness (QED) is 0.367. The van der Waals surface area contributed by atoms with Crippen molar-refractivity contribution in [2.24, 2.45) is 5.10 Å². The van der Waals surface area contributed by atoms with Gasteiger partial charge in [-0.25, -0.2) is 4.98 Å². The van der Waals surface area contributed by atoms with E-state index in [1.807, 2.05) is 61.7 Å². The van der Waals surface area contributed by atoms with Crippen molar-refractivity contribution in [3.8, 4) is 22.8 Å². The highest BCUT2D eigenvalue weighted by Gasteiger charge is 2.05. The normalized spacial score (nSPS) is 11.1. The van der Waals surface area contributed by atoms with Crippen molar-refractivity contribution in [1.82, 2.24) is 4.98 Å². The molecule has 1 N–H and O–H groups in total. The summed E-state index contributed by atoms with van der Waals surface area (Å²) in [6, 6.07) is 13.7. The zero-order valence-corrected chi connectivity index (χ0v) is 17.7. The first kappa shape index (κ1) is 19.4. The molecule has 0 spiro atoms. The first-order valence-corrected chi connectivity index (χ1v) is 10.1. The van der Waals surface area contributed by atoms with E-state index in [0.717, 1.165) is 37.9 Å². The minimum Gasteiger partial charge on any atom is -0.497 e. The number of anilines is 1. The number of halogens is 1. The highest BCUT2D eigenvalue weighted by Crippen LogP contribution is 2.27. The Bertz CT molecular complexity index is 923. The number of aromatic nitrogens is 1. The SMILES string of the molecule is COc1ccc(-c2csc(N/N=C\c3ccc(OC(C)C)c(Br)c3)n2)cc1. The van der Waals surface area contributed by atoms with Crippen molar-refractivity contribution < 1.29 is 9.47 Å². The molecule has 0 amide bonds. The molecule has 3 rings (SSSR count). The van der Waals surface area contributed by atoms with Crippen LogP contribution in [0.15, 0.2) is 57.4 Å². The maximum absolute atomic E-state index is 5.71. The van der Waals surface area contributed by atoms with Gasteiger partial charge in [-0.15, -0.1) is 11.3 Å². The largest absolute Gasteiger partial charge is 0.497 e. The van der Waals surface area contributed by atoms with Crippen LogP contribution in [0.25, 0.3) is 11.3 Å². The molecule has 0 bridgehead atoms. The van der Waals surface area contributed by atoms with Crippen LogP contribution in [0.3, 0.4) is 0 Å². The van der Waals surface area contributed by atoms with Crippen LogP contribution in [0.4, 0.5) is 5.13 Å². The van der Waals surface area contributed by atoms with E-state index in [9.17, 15) is 0 Å². The summed E-state index contributed by atoms with van der Waals surface area (Å²) in [5.74, 6) is 1.65. The van der Waals surface area contributed by atoms with E-state index >= 15 is 0 Å². The van der Waals surface area contributed by atoms with E-state index in [1.54, 1.807) is 13.3 Å². The maximum Gasteiger partial charge on any atom is 0.203 e. The Morgan fingerprint density at radius 3 is 2.63 bits per heavy atom. The van der Waals surface area contributed by atoms with Gasteiger partial charge >= 0.3 is 0 Å². The summed E-state index contributed by atoms with van der Waals surface area (Å²) < 4.78 is 11.8. The van der Waals surface area contributed by atoms with Crippen LogP contribution >= 0.6 is 27.3 Å². The number of ether oxygens (including phenoxy) is 2. The molecule has 0 aliphatic carbocycles. The van der Waals surface area contributed by atoms with E-state index in [4.69, 9.17) is 9.47 Å². The van der Waals surface area contributed by atoms with Gasteiger partial charge in [0.05, 0.1) is 29.6 Å². The Kier molecular flexibility index (Phi) is 6.47. The Labute approximate surface area is 171 Å². The lowest BCUT2D eigenvalue weighted by molar-refractivity contribution is 0.241. The second kappa shape index (κ2) is 9.01. The minimum atomic E-state index is 0.132. The summed E-state index contributed by atoms with van der Waals surface area (Å²) in [4.78, 5) is 4.56. The van der Waals surface area contributed by atoms with Gasteiger partial charge < -0.3 is 9.47 Å². The van der Waals surface area contributed by atoms with Crippen LogP contribution in [0, 0.1) is 0 Å². The van der Waals surface area contributed by atoms with Crippen molar-refractivity contribution >= 4 is 38.6 Å². The number of thiazole rings is 1. The molecule has 0 fully saturated rings. The van der Waals surface area contributed by atoms with Crippen LogP contribution < -0.4 is 14.9 Å². The van der Waals surface area contributed by atoms with Gasteiger partial charge in [0.2, 0.25) is 5.13 Å². The molecule has 7 heteroatoms. The van der Waals surface area contributed by atoms with Crippen molar-refractivity contribution in [2.75, 3.05) is 12.5 Å². The highest BCUT2D eigenvalue weighted by atomic mass is 79.9. The minimum absolute atomic E-state index is 0.132. The van der Waals surface area contributed by atoms with Gasteiger partial charge in [0.15, 0.2) is 0 Å².